The predicted octanol–water partition coefficient (Wildman–Crippen LogP) is 10.8. The molecule has 0 saturated heterocycles. The number of aromatic nitrogens is 2. The van der Waals surface area contributed by atoms with Crippen LogP contribution in [0.25, 0.3) is 77.2 Å². The van der Waals surface area contributed by atoms with Gasteiger partial charge in [0.15, 0.2) is 0 Å². The number of nitriles is 3. The van der Waals surface area contributed by atoms with Crippen molar-refractivity contribution in [1.82, 2.24) is 9.13 Å². The van der Waals surface area contributed by atoms with Crippen molar-refractivity contribution in [2.24, 2.45) is 0 Å². The van der Waals surface area contributed by atoms with Crippen molar-refractivity contribution in [2.45, 2.75) is 0 Å². The van der Waals surface area contributed by atoms with E-state index in [1.54, 1.807) is 0 Å². The molecule has 5 heteroatoms. The van der Waals surface area contributed by atoms with Gasteiger partial charge in [-0.1, -0.05) is 84.9 Å². The van der Waals surface area contributed by atoms with E-state index in [1.807, 2.05) is 97.1 Å². The highest BCUT2D eigenvalue weighted by molar-refractivity contribution is 6.11. The molecule has 0 saturated carbocycles. The number of rotatable bonds is 4. The number of hydrogen-bond donors (Lipinski definition) is 0. The van der Waals surface area contributed by atoms with Crippen LogP contribution < -0.4 is 0 Å². The van der Waals surface area contributed by atoms with Crippen LogP contribution in [0.3, 0.4) is 0 Å². The van der Waals surface area contributed by atoms with E-state index < -0.39 is 0 Å². The Kier molecular flexibility index (Phi) is 6.56. The molecule has 5 nitrogen and oxygen atoms in total. The second-order valence-corrected chi connectivity index (χ2v) is 12.3. The third kappa shape index (κ3) is 4.31. The van der Waals surface area contributed by atoms with E-state index in [9.17, 15) is 15.8 Å². The van der Waals surface area contributed by atoms with Gasteiger partial charge < -0.3 is 9.13 Å². The van der Waals surface area contributed by atoms with Gasteiger partial charge in [-0.25, -0.2) is 0 Å². The monoisotopic (exact) mass is 635 g/mol. The van der Waals surface area contributed by atoms with Gasteiger partial charge in [-0.15, -0.1) is 0 Å². The van der Waals surface area contributed by atoms with Gasteiger partial charge in [0.1, 0.15) is 6.07 Å². The summed E-state index contributed by atoms with van der Waals surface area (Å²) in [6, 6.07) is 57.7. The van der Waals surface area contributed by atoms with E-state index in [4.69, 9.17) is 0 Å². The molecule has 0 amide bonds. The Bertz CT molecular complexity index is 2920. The first-order valence-electron chi connectivity index (χ1n) is 16.3. The Hall–Kier alpha value is -7.39. The molecule has 0 atom stereocenters. The fourth-order valence-corrected chi connectivity index (χ4v) is 7.43. The van der Waals surface area contributed by atoms with Crippen LogP contribution in [-0.2, 0) is 0 Å². The van der Waals surface area contributed by atoms with Crippen molar-refractivity contribution in [3.8, 4) is 51.8 Å². The molecule has 0 aliphatic rings. The Morgan fingerprint density at radius 3 is 1.56 bits per heavy atom. The second-order valence-electron chi connectivity index (χ2n) is 12.3. The molecule has 9 rings (SSSR count). The number of nitrogens with zero attached hydrogens (tertiary/aromatic N) is 5. The predicted molar refractivity (Wildman–Crippen MR) is 200 cm³/mol. The first-order chi connectivity index (χ1) is 24.7. The molecule has 0 bridgehead atoms. The molecule has 2 heterocycles. The molecular weight excluding hydrogens is 611 g/mol. The fourth-order valence-electron chi connectivity index (χ4n) is 7.43. The largest absolute Gasteiger partial charge is 0.309 e. The summed E-state index contributed by atoms with van der Waals surface area (Å²) in [4.78, 5) is 0. The van der Waals surface area contributed by atoms with Crippen molar-refractivity contribution in [3.63, 3.8) is 0 Å². The maximum absolute atomic E-state index is 10.5. The number of para-hydroxylation sites is 4. The van der Waals surface area contributed by atoms with E-state index in [1.165, 1.54) is 0 Å². The Balaban J connectivity index is 1.22. The molecule has 0 aliphatic heterocycles. The van der Waals surface area contributed by atoms with Crippen molar-refractivity contribution in [1.29, 1.82) is 15.8 Å². The van der Waals surface area contributed by atoms with E-state index >= 15 is 0 Å². The minimum Gasteiger partial charge on any atom is -0.309 e. The zero-order valence-electron chi connectivity index (χ0n) is 26.7. The lowest BCUT2D eigenvalue weighted by molar-refractivity contribution is 1.17. The molecule has 230 valence electrons. The summed E-state index contributed by atoms with van der Waals surface area (Å²) in [7, 11) is 0. The Morgan fingerprint density at radius 1 is 0.360 bits per heavy atom. The zero-order chi connectivity index (χ0) is 33.8. The number of hydrogen-bond acceptors (Lipinski definition) is 3. The summed E-state index contributed by atoms with van der Waals surface area (Å²) in [5, 5.41) is 34.7. The smallest absolute Gasteiger partial charge is 0.101 e. The fraction of sp³-hybridized carbons (Fsp3) is 0. The molecule has 7 aromatic carbocycles. The normalized spacial score (nSPS) is 11.1. The van der Waals surface area contributed by atoms with Crippen LogP contribution in [0.1, 0.15) is 16.7 Å². The van der Waals surface area contributed by atoms with E-state index in [-0.39, 0.29) is 0 Å². The third-order valence-electron chi connectivity index (χ3n) is 9.65. The van der Waals surface area contributed by atoms with Gasteiger partial charge in [-0.3, -0.25) is 0 Å². The van der Waals surface area contributed by atoms with Crippen LogP contribution in [0.15, 0.2) is 152 Å². The summed E-state index contributed by atoms with van der Waals surface area (Å²) < 4.78 is 4.39. The van der Waals surface area contributed by atoms with Gasteiger partial charge in [0.25, 0.3) is 0 Å². The summed E-state index contributed by atoms with van der Waals surface area (Å²) in [6.07, 6.45) is 0. The number of benzene rings is 7. The average Bonchev–Trinajstić information content (AvgIpc) is 3.70. The lowest BCUT2D eigenvalue weighted by Crippen LogP contribution is -1.99. The zero-order valence-corrected chi connectivity index (χ0v) is 26.7. The minimum absolute atomic E-state index is 0.519. The minimum atomic E-state index is 0.519. The highest BCUT2D eigenvalue weighted by atomic mass is 15.0. The van der Waals surface area contributed by atoms with Gasteiger partial charge in [-0.2, -0.15) is 15.8 Å². The van der Waals surface area contributed by atoms with Crippen LogP contribution in [0.4, 0.5) is 0 Å². The molecule has 9 aromatic rings. The van der Waals surface area contributed by atoms with Crippen molar-refractivity contribution < 1.29 is 0 Å². The van der Waals surface area contributed by atoms with Gasteiger partial charge in [-0.05, 0) is 77.9 Å². The molecule has 0 spiro atoms. The first kappa shape index (κ1) is 28.8. The van der Waals surface area contributed by atoms with Gasteiger partial charge in [0.2, 0.25) is 0 Å². The average molecular weight is 636 g/mol. The first-order valence-corrected chi connectivity index (χ1v) is 16.3. The highest BCUT2D eigenvalue weighted by Gasteiger charge is 2.19. The van der Waals surface area contributed by atoms with E-state index in [0.717, 1.165) is 77.2 Å². The Morgan fingerprint density at radius 2 is 0.900 bits per heavy atom. The van der Waals surface area contributed by atoms with Gasteiger partial charge in [0.05, 0.1) is 62.3 Å². The van der Waals surface area contributed by atoms with Crippen molar-refractivity contribution in [2.75, 3.05) is 0 Å². The standard InChI is InChI=1S/C45H25N5/c46-26-29-17-21-45-39(23-29)37-12-4-8-16-44(37)50(45)41-13-5-1-9-34(41)31-18-19-32(27-47)38(25-31)30-20-22-40(33(24-30)28-48)49-42-14-6-2-10-35(42)36-11-3-7-15-43(36)49/h1-25H. The number of fused-ring (bicyclic) bond motifs is 6. The second kappa shape index (κ2) is 11.4. The molecule has 50 heavy (non-hydrogen) atoms. The maximum Gasteiger partial charge on any atom is 0.101 e. The van der Waals surface area contributed by atoms with Gasteiger partial charge in [0, 0.05) is 32.7 Å². The van der Waals surface area contributed by atoms with Crippen LogP contribution in [-0.4, -0.2) is 9.13 Å². The van der Waals surface area contributed by atoms with Crippen LogP contribution >= 0.6 is 0 Å². The molecule has 0 aliphatic carbocycles. The summed E-state index contributed by atoms with van der Waals surface area (Å²) in [5.74, 6) is 0. The van der Waals surface area contributed by atoms with E-state index in [0.29, 0.717) is 16.7 Å². The quantitative estimate of drug-likeness (QED) is 0.193. The molecule has 0 radical (unpaired) electrons. The van der Waals surface area contributed by atoms with Crippen molar-refractivity contribution in [3.05, 3.63) is 168 Å². The van der Waals surface area contributed by atoms with Crippen LogP contribution in [0, 0.1) is 34.0 Å². The summed E-state index contributed by atoms with van der Waals surface area (Å²) >= 11 is 0. The lowest BCUT2D eigenvalue weighted by atomic mass is 9.93. The van der Waals surface area contributed by atoms with Crippen LogP contribution in [0.2, 0.25) is 0 Å². The molecular formula is C45H25N5. The topological polar surface area (TPSA) is 81.2 Å². The highest BCUT2D eigenvalue weighted by Crippen LogP contribution is 2.39. The molecule has 2 aromatic heterocycles. The van der Waals surface area contributed by atoms with Crippen LogP contribution in [0.5, 0.6) is 0 Å². The van der Waals surface area contributed by atoms with Gasteiger partial charge >= 0.3 is 0 Å². The molecule has 0 N–H and O–H groups in total. The van der Waals surface area contributed by atoms with E-state index in [2.05, 4.69) is 81.9 Å². The lowest BCUT2D eigenvalue weighted by Gasteiger charge is -2.16. The summed E-state index contributed by atoms with van der Waals surface area (Å²) in [5.41, 5.74) is 11.0. The third-order valence-corrected chi connectivity index (χ3v) is 9.65. The molecule has 0 unspecified atom stereocenters. The summed E-state index contributed by atoms with van der Waals surface area (Å²) in [6.45, 7) is 0. The SMILES string of the molecule is N#Cc1ccc2c(c1)c1ccccc1n2-c1ccccc1-c1ccc(C#N)c(-c2ccc(-n3c4ccccc4c4ccccc43)c(C#N)c2)c1. The Labute approximate surface area is 287 Å². The molecule has 0 fully saturated rings. The maximum atomic E-state index is 10.5. The van der Waals surface area contributed by atoms with Crippen molar-refractivity contribution >= 4 is 43.6 Å².